The van der Waals surface area contributed by atoms with Gasteiger partial charge in [0, 0.05) is 24.1 Å². The number of Topliss-reactive ketones (excluding diaryl/α,β-unsaturated/α-hetero) is 2. The van der Waals surface area contributed by atoms with Crippen LogP contribution in [0.1, 0.15) is 35.3 Å². The molecule has 0 bridgehead atoms. The standard InChI is InChI=1S/C24H26ClFN2O5/c1-11-8-14(27)17(20(28-2)12-6-5-7-13(26)9-12)22(29)24(11)23(30)18-15(31-3)10-16(32-4)19(25)21(18)33-24/h5-7,9-11,14,17,20,28H,8,27H2,1-4H3/t11-,14?,17?,20?,24+/m1/s1. The van der Waals surface area contributed by atoms with Crippen molar-refractivity contribution in [2.24, 2.45) is 17.6 Å². The van der Waals surface area contributed by atoms with E-state index in [9.17, 15) is 14.0 Å². The molecular weight excluding hydrogens is 451 g/mol. The van der Waals surface area contributed by atoms with Gasteiger partial charge in [0.05, 0.1) is 20.1 Å². The van der Waals surface area contributed by atoms with Crippen molar-refractivity contribution < 1.29 is 28.2 Å². The second-order valence-electron chi connectivity index (χ2n) is 8.48. The summed E-state index contributed by atoms with van der Waals surface area (Å²) in [4.78, 5) is 27.9. The zero-order valence-electron chi connectivity index (χ0n) is 18.8. The third kappa shape index (κ3) is 3.39. The maximum atomic E-state index is 14.1. The molecule has 4 rings (SSSR count). The Hall–Kier alpha value is -2.68. The Bertz CT molecular complexity index is 1130. The first-order chi connectivity index (χ1) is 15.7. The molecule has 0 saturated heterocycles. The Morgan fingerprint density at radius 1 is 1.24 bits per heavy atom. The van der Waals surface area contributed by atoms with Crippen molar-refractivity contribution in [3.05, 3.63) is 52.3 Å². The van der Waals surface area contributed by atoms with E-state index in [1.807, 2.05) is 0 Å². The van der Waals surface area contributed by atoms with Crippen LogP contribution in [0.15, 0.2) is 30.3 Å². The summed E-state index contributed by atoms with van der Waals surface area (Å²) in [7, 11) is 4.50. The van der Waals surface area contributed by atoms with E-state index in [1.54, 1.807) is 26.1 Å². The van der Waals surface area contributed by atoms with Crippen LogP contribution in [-0.2, 0) is 4.79 Å². The van der Waals surface area contributed by atoms with Crippen LogP contribution in [0.3, 0.4) is 0 Å². The van der Waals surface area contributed by atoms with Gasteiger partial charge in [0.25, 0.3) is 0 Å². The quantitative estimate of drug-likeness (QED) is 0.638. The number of carbonyl (C=O) groups is 2. The van der Waals surface area contributed by atoms with Gasteiger partial charge in [0.1, 0.15) is 27.9 Å². The van der Waals surface area contributed by atoms with Gasteiger partial charge in [-0.3, -0.25) is 9.59 Å². The van der Waals surface area contributed by atoms with Gasteiger partial charge >= 0.3 is 0 Å². The second kappa shape index (κ2) is 8.59. The normalized spacial score (nSPS) is 27.3. The van der Waals surface area contributed by atoms with Crippen molar-refractivity contribution in [1.29, 1.82) is 0 Å². The largest absolute Gasteiger partial charge is 0.496 e. The number of nitrogens with two attached hydrogens (primary N) is 1. The molecule has 0 amide bonds. The first kappa shape index (κ1) is 23.5. The molecule has 0 aromatic heterocycles. The molecule has 7 nitrogen and oxygen atoms in total. The molecule has 2 aliphatic rings. The molecular formula is C24H26ClFN2O5. The van der Waals surface area contributed by atoms with Crippen molar-refractivity contribution in [3.8, 4) is 17.2 Å². The number of fused-ring (bicyclic) bond motifs is 1. The van der Waals surface area contributed by atoms with Crippen LogP contribution in [0.25, 0.3) is 0 Å². The minimum atomic E-state index is -1.82. The fraction of sp³-hybridized carbons (Fsp3) is 0.417. The number of benzene rings is 2. The number of carbonyl (C=O) groups excluding carboxylic acids is 2. The number of hydrogen-bond donors (Lipinski definition) is 2. The summed E-state index contributed by atoms with van der Waals surface area (Å²) in [5, 5.41) is 3.16. The molecule has 176 valence electrons. The average molecular weight is 477 g/mol. The molecule has 5 atom stereocenters. The highest BCUT2D eigenvalue weighted by atomic mass is 35.5. The number of nitrogens with one attached hydrogen (secondary N) is 1. The van der Waals surface area contributed by atoms with Gasteiger partial charge < -0.3 is 25.3 Å². The van der Waals surface area contributed by atoms with Crippen LogP contribution >= 0.6 is 11.6 Å². The third-order valence-electron chi connectivity index (χ3n) is 6.75. The number of hydrogen-bond acceptors (Lipinski definition) is 7. The van der Waals surface area contributed by atoms with Crippen LogP contribution in [0.4, 0.5) is 4.39 Å². The van der Waals surface area contributed by atoms with Gasteiger partial charge in [-0.1, -0.05) is 30.7 Å². The van der Waals surface area contributed by atoms with Crippen molar-refractivity contribution in [1.82, 2.24) is 5.32 Å². The van der Waals surface area contributed by atoms with Crippen LogP contribution in [0.2, 0.25) is 5.02 Å². The van der Waals surface area contributed by atoms with E-state index in [4.69, 9.17) is 31.5 Å². The first-order valence-electron chi connectivity index (χ1n) is 10.6. The Morgan fingerprint density at radius 3 is 2.55 bits per heavy atom. The molecule has 9 heteroatoms. The molecule has 1 aliphatic carbocycles. The van der Waals surface area contributed by atoms with Crippen molar-refractivity contribution in [3.63, 3.8) is 0 Å². The number of ketones is 2. The molecule has 2 aromatic carbocycles. The zero-order valence-corrected chi connectivity index (χ0v) is 19.5. The van der Waals surface area contributed by atoms with E-state index in [0.717, 1.165) is 0 Å². The Morgan fingerprint density at radius 2 is 1.94 bits per heavy atom. The molecule has 1 saturated carbocycles. The van der Waals surface area contributed by atoms with E-state index >= 15 is 0 Å². The SMILES string of the molecule is CNC(c1cccc(F)c1)C1C(=O)[C@@]2(Oc3c(Cl)c(OC)cc(OC)c3C2=O)[C@H](C)CC1N. The highest BCUT2D eigenvalue weighted by molar-refractivity contribution is 6.36. The van der Waals surface area contributed by atoms with Gasteiger partial charge in [0.15, 0.2) is 11.5 Å². The van der Waals surface area contributed by atoms with Gasteiger partial charge in [-0.2, -0.15) is 0 Å². The molecule has 0 radical (unpaired) electrons. The summed E-state index contributed by atoms with van der Waals surface area (Å²) >= 11 is 6.47. The first-order valence-corrected chi connectivity index (χ1v) is 11.0. The second-order valence-corrected chi connectivity index (χ2v) is 8.86. The van der Waals surface area contributed by atoms with E-state index in [1.165, 1.54) is 32.4 Å². The highest BCUT2D eigenvalue weighted by Crippen LogP contribution is 2.54. The van der Waals surface area contributed by atoms with Crippen LogP contribution in [0, 0.1) is 17.7 Å². The summed E-state index contributed by atoms with van der Waals surface area (Å²) in [6.07, 6.45) is 0.334. The van der Waals surface area contributed by atoms with E-state index in [-0.39, 0.29) is 27.8 Å². The summed E-state index contributed by atoms with van der Waals surface area (Å²) in [5.41, 5.74) is 5.28. The topological polar surface area (TPSA) is 99.9 Å². The van der Waals surface area contributed by atoms with Crippen LogP contribution in [-0.4, -0.2) is 44.5 Å². The van der Waals surface area contributed by atoms with Gasteiger partial charge in [-0.05, 0) is 31.2 Å². The summed E-state index contributed by atoms with van der Waals surface area (Å²) in [6, 6.07) is 6.24. The van der Waals surface area contributed by atoms with E-state index in [2.05, 4.69) is 5.32 Å². The van der Waals surface area contributed by atoms with Gasteiger partial charge in [0.2, 0.25) is 11.4 Å². The predicted molar refractivity (Wildman–Crippen MR) is 121 cm³/mol. The molecule has 1 heterocycles. The zero-order chi connectivity index (χ0) is 24.1. The summed E-state index contributed by atoms with van der Waals surface area (Å²) in [6.45, 7) is 1.76. The van der Waals surface area contributed by atoms with Crippen molar-refractivity contribution >= 4 is 23.2 Å². The van der Waals surface area contributed by atoms with Crippen LogP contribution < -0.4 is 25.3 Å². The Balaban J connectivity index is 1.84. The number of rotatable bonds is 5. The van der Waals surface area contributed by atoms with Crippen molar-refractivity contribution in [2.45, 2.75) is 31.0 Å². The maximum absolute atomic E-state index is 14.1. The minimum Gasteiger partial charge on any atom is -0.496 e. The molecule has 2 aromatic rings. The lowest BCUT2D eigenvalue weighted by molar-refractivity contribution is -0.144. The monoisotopic (exact) mass is 476 g/mol. The van der Waals surface area contributed by atoms with Crippen molar-refractivity contribution in [2.75, 3.05) is 21.3 Å². The molecule has 1 aliphatic heterocycles. The highest BCUT2D eigenvalue weighted by Gasteiger charge is 2.64. The molecule has 33 heavy (non-hydrogen) atoms. The Labute approximate surface area is 196 Å². The fourth-order valence-electron chi connectivity index (χ4n) is 5.15. The lowest BCUT2D eigenvalue weighted by Gasteiger charge is -2.45. The fourth-order valence-corrected chi connectivity index (χ4v) is 5.41. The summed E-state index contributed by atoms with van der Waals surface area (Å²) in [5.74, 6) is -2.30. The van der Waals surface area contributed by atoms with Gasteiger partial charge in [-0.25, -0.2) is 4.39 Å². The molecule has 3 unspecified atom stereocenters. The lowest BCUT2D eigenvalue weighted by Crippen LogP contribution is -2.65. The smallest absolute Gasteiger partial charge is 0.232 e. The average Bonchev–Trinajstić information content (AvgIpc) is 3.11. The van der Waals surface area contributed by atoms with E-state index in [0.29, 0.717) is 12.0 Å². The predicted octanol–water partition coefficient (Wildman–Crippen LogP) is 3.32. The lowest BCUT2D eigenvalue weighted by atomic mass is 9.63. The van der Waals surface area contributed by atoms with E-state index < -0.39 is 46.9 Å². The maximum Gasteiger partial charge on any atom is 0.232 e. The van der Waals surface area contributed by atoms with Crippen LogP contribution in [0.5, 0.6) is 17.2 Å². The minimum absolute atomic E-state index is 0.0547. The molecule has 1 fully saturated rings. The molecule has 1 spiro atoms. The third-order valence-corrected chi connectivity index (χ3v) is 7.10. The Kier molecular flexibility index (Phi) is 6.11. The van der Waals surface area contributed by atoms with Gasteiger partial charge in [-0.15, -0.1) is 0 Å². The molecule has 3 N–H and O–H groups in total. The summed E-state index contributed by atoms with van der Waals surface area (Å²) < 4.78 is 30.8. The number of ether oxygens (including phenoxy) is 3. The number of methoxy groups -OCH3 is 2. The number of halogens is 2.